The number of H-pyrrole nitrogens is 1. The number of aromatic nitrogens is 1. The molecule has 4 N–H and O–H groups in total. The number of carbonyl (C=O) groups is 1. The molecular weight excluding hydrogens is 368 g/mol. The monoisotopic (exact) mass is 392 g/mol. The third kappa shape index (κ3) is 3.32. The van der Waals surface area contributed by atoms with Gasteiger partial charge in [0.2, 0.25) is 12.7 Å². The lowest BCUT2D eigenvalue weighted by Crippen LogP contribution is -2.42. The number of hydrazine groups is 1. The van der Waals surface area contributed by atoms with Crippen LogP contribution in [0, 0.1) is 13.8 Å². The molecule has 0 radical (unpaired) electrons. The fourth-order valence-corrected chi connectivity index (χ4v) is 4.01. The van der Waals surface area contributed by atoms with Crippen LogP contribution in [0.3, 0.4) is 0 Å². The van der Waals surface area contributed by atoms with Crippen LogP contribution in [-0.2, 0) is 11.3 Å². The van der Waals surface area contributed by atoms with Gasteiger partial charge in [-0.25, -0.2) is 10.9 Å². The predicted octanol–water partition coefficient (Wildman–Crippen LogP) is 2.74. The van der Waals surface area contributed by atoms with E-state index in [1.807, 2.05) is 24.3 Å². The number of amides is 1. The normalized spacial score (nSPS) is 20.3. The second-order valence-electron chi connectivity index (χ2n) is 7.71. The molecule has 3 heterocycles. The van der Waals surface area contributed by atoms with Gasteiger partial charge in [0.25, 0.3) is 0 Å². The molecule has 1 amide bonds. The first kappa shape index (κ1) is 18.0. The highest BCUT2D eigenvalue weighted by Gasteiger charge is 2.30. The Morgan fingerprint density at radius 2 is 1.97 bits per heavy atom. The summed E-state index contributed by atoms with van der Waals surface area (Å²) < 4.78 is 10.8. The first-order chi connectivity index (χ1) is 14.1. The third-order valence-corrected chi connectivity index (χ3v) is 5.86. The van der Waals surface area contributed by atoms with Gasteiger partial charge in [0, 0.05) is 29.2 Å². The summed E-state index contributed by atoms with van der Waals surface area (Å²) in [5.74, 6) is 1.50. The number of benzene rings is 2. The van der Waals surface area contributed by atoms with E-state index < -0.39 is 0 Å². The second kappa shape index (κ2) is 7.09. The van der Waals surface area contributed by atoms with Crippen molar-refractivity contribution < 1.29 is 14.3 Å². The molecule has 150 valence electrons. The molecule has 7 heteroatoms. The molecule has 2 aromatic carbocycles. The Morgan fingerprint density at radius 1 is 1.10 bits per heavy atom. The van der Waals surface area contributed by atoms with E-state index in [1.165, 1.54) is 16.6 Å². The molecular formula is C22H24N4O3. The van der Waals surface area contributed by atoms with Gasteiger partial charge in [0.1, 0.15) is 6.04 Å². The van der Waals surface area contributed by atoms with Crippen molar-refractivity contribution in [3.63, 3.8) is 0 Å². The molecule has 2 unspecified atom stereocenters. The van der Waals surface area contributed by atoms with Crippen LogP contribution in [0.4, 0.5) is 0 Å². The van der Waals surface area contributed by atoms with E-state index >= 15 is 0 Å². The summed E-state index contributed by atoms with van der Waals surface area (Å²) in [6, 6.07) is 11.9. The van der Waals surface area contributed by atoms with Crippen molar-refractivity contribution >= 4 is 16.8 Å². The largest absolute Gasteiger partial charge is 0.454 e. The van der Waals surface area contributed by atoms with Crippen molar-refractivity contribution in [2.24, 2.45) is 0 Å². The molecule has 2 aliphatic rings. The quantitative estimate of drug-likeness (QED) is 0.548. The number of ether oxygens (including phenoxy) is 2. The zero-order chi connectivity index (χ0) is 20.0. The fourth-order valence-electron chi connectivity index (χ4n) is 4.01. The molecule has 0 aliphatic carbocycles. The lowest BCUT2D eigenvalue weighted by atomic mass is 10.0. The lowest BCUT2D eigenvalue weighted by molar-refractivity contribution is -0.123. The van der Waals surface area contributed by atoms with E-state index in [1.54, 1.807) is 0 Å². The van der Waals surface area contributed by atoms with Gasteiger partial charge in [-0.15, -0.1) is 0 Å². The highest BCUT2D eigenvalue weighted by atomic mass is 16.7. The molecule has 2 atom stereocenters. The van der Waals surface area contributed by atoms with Crippen LogP contribution in [0.5, 0.6) is 11.5 Å². The molecule has 0 bridgehead atoms. The maximum Gasteiger partial charge on any atom is 0.238 e. The maximum absolute atomic E-state index is 12.7. The van der Waals surface area contributed by atoms with Crippen LogP contribution in [0.15, 0.2) is 36.4 Å². The van der Waals surface area contributed by atoms with Gasteiger partial charge in [-0.1, -0.05) is 12.1 Å². The van der Waals surface area contributed by atoms with Crippen LogP contribution in [0.25, 0.3) is 10.9 Å². The highest BCUT2D eigenvalue weighted by molar-refractivity contribution is 5.85. The van der Waals surface area contributed by atoms with Gasteiger partial charge in [-0.05, 0) is 61.2 Å². The standard InChI is InChI=1S/C22H24N4O3/c1-12-13(2)24-17-5-3-14(7-16(12)17)10-23-22(27)19-9-18(25-26-19)15-4-6-20-21(8-15)29-11-28-20/h3-8,18-19,24-26H,9-11H2,1-2H3,(H,23,27). The molecule has 1 aromatic heterocycles. The van der Waals surface area contributed by atoms with Crippen LogP contribution >= 0.6 is 0 Å². The SMILES string of the molecule is Cc1[nH]c2ccc(CNC(=O)C3CC(c4ccc5c(c4)OCO5)NN3)cc2c1C. The van der Waals surface area contributed by atoms with Crippen molar-refractivity contribution in [1.82, 2.24) is 21.2 Å². The number of hydrogen-bond acceptors (Lipinski definition) is 5. The highest BCUT2D eigenvalue weighted by Crippen LogP contribution is 2.35. The zero-order valence-electron chi connectivity index (χ0n) is 16.5. The van der Waals surface area contributed by atoms with Crippen molar-refractivity contribution in [2.45, 2.75) is 38.9 Å². The Bertz CT molecular complexity index is 1090. The molecule has 29 heavy (non-hydrogen) atoms. The van der Waals surface area contributed by atoms with E-state index in [0.717, 1.165) is 28.1 Å². The molecule has 7 nitrogen and oxygen atoms in total. The zero-order valence-corrected chi connectivity index (χ0v) is 16.5. The summed E-state index contributed by atoms with van der Waals surface area (Å²) in [7, 11) is 0. The second-order valence-corrected chi connectivity index (χ2v) is 7.71. The average molecular weight is 392 g/mol. The Morgan fingerprint density at radius 3 is 2.86 bits per heavy atom. The number of aryl methyl sites for hydroxylation is 2. The Balaban J connectivity index is 1.21. The summed E-state index contributed by atoms with van der Waals surface area (Å²) in [4.78, 5) is 16.0. The van der Waals surface area contributed by atoms with Gasteiger partial charge >= 0.3 is 0 Å². The number of fused-ring (bicyclic) bond motifs is 2. The van der Waals surface area contributed by atoms with Gasteiger partial charge in [-0.2, -0.15) is 0 Å². The smallest absolute Gasteiger partial charge is 0.238 e. The molecule has 0 spiro atoms. The molecule has 5 rings (SSSR count). The molecule has 2 aliphatic heterocycles. The third-order valence-electron chi connectivity index (χ3n) is 5.86. The van der Waals surface area contributed by atoms with Crippen molar-refractivity contribution in [3.8, 4) is 11.5 Å². The number of hydrogen-bond donors (Lipinski definition) is 4. The predicted molar refractivity (Wildman–Crippen MR) is 110 cm³/mol. The first-order valence-corrected chi connectivity index (χ1v) is 9.84. The van der Waals surface area contributed by atoms with E-state index in [-0.39, 0.29) is 24.8 Å². The van der Waals surface area contributed by atoms with Crippen LogP contribution < -0.4 is 25.6 Å². The molecule has 1 saturated heterocycles. The Hall–Kier alpha value is -3.03. The number of aromatic amines is 1. The van der Waals surface area contributed by atoms with E-state index in [4.69, 9.17) is 9.47 Å². The maximum atomic E-state index is 12.7. The van der Waals surface area contributed by atoms with Crippen molar-refractivity contribution in [3.05, 3.63) is 58.8 Å². The number of nitrogens with one attached hydrogen (secondary N) is 4. The van der Waals surface area contributed by atoms with Gasteiger partial charge in [-0.3, -0.25) is 4.79 Å². The van der Waals surface area contributed by atoms with Gasteiger partial charge in [0.05, 0.1) is 0 Å². The van der Waals surface area contributed by atoms with Crippen LogP contribution in [0.2, 0.25) is 0 Å². The van der Waals surface area contributed by atoms with Gasteiger partial charge < -0.3 is 19.8 Å². The van der Waals surface area contributed by atoms with Crippen LogP contribution in [0.1, 0.15) is 34.8 Å². The number of carbonyl (C=O) groups excluding carboxylic acids is 1. The Kier molecular flexibility index (Phi) is 4.41. The minimum absolute atomic E-state index is 0.0113. The minimum atomic E-state index is -0.287. The summed E-state index contributed by atoms with van der Waals surface area (Å²) in [6.45, 7) is 4.95. The fraction of sp³-hybridized carbons (Fsp3) is 0.318. The first-order valence-electron chi connectivity index (χ1n) is 9.84. The summed E-state index contributed by atoms with van der Waals surface area (Å²) >= 11 is 0. The summed E-state index contributed by atoms with van der Waals surface area (Å²) in [6.07, 6.45) is 0.667. The van der Waals surface area contributed by atoms with E-state index in [0.29, 0.717) is 13.0 Å². The topological polar surface area (TPSA) is 87.4 Å². The van der Waals surface area contributed by atoms with Crippen LogP contribution in [-0.4, -0.2) is 23.7 Å². The molecule has 1 fully saturated rings. The van der Waals surface area contributed by atoms with Crippen molar-refractivity contribution in [1.29, 1.82) is 0 Å². The average Bonchev–Trinajstić information content (AvgIpc) is 3.45. The van der Waals surface area contributed by atoms with Gasteiger partial charge in [0.15, 0.2) is 11.5 Å². The number of rotatable bonds is 4. The molecule has 3 aromatic rings. The van der Waals surface area contributed by atoms with E-state index in [9.17, 15) is 4.79 Å². The van der Waals surface area contributed by atoms with Crippen molar-refractivity contribution in [2.75, 3.05) is 6.79 Å². The van der Waals surface area contributed by atoms with E-state index in [2.05, 4.69) is 47.1 Å². The minimum Gasteiger partial charge on any atom is -0.454 e. The summed E-state index contributed by atoms with van der Waals surface area (Å²) in [5, 5.41) is 4.26. The summed E-state index contributed by atoms with van der Waals surface area (Å²) in [5.41, 5.74) is 12.0. The lowest BCUT2D eigenvalue weighted by Gasteiger charge is -2.11. The molecule has 0 saturated carbocycles. The Labute approximate surface area is 168 Å².